The van der Waals surface area contributed by atoms with Gasteiger partial charge in [-0.25, -0.2) is 14.1 Å². The fourth-order valence-corrected chi connectivity index (χ4v) is 3.33. The van der Waals surface area contributed by atoms with Crippen molar-refractivity contribution in [3.63, 3.8) is 0 Å². The van der Waals surface area contributed by atoms with E-state index < -0.39 is 5.97 Å². The largest absolute Gasteiger partial charge is 0.480 e. The first-order chi connectivity index (χ1) is 11.4. The Morgan fingerprint density at radius 3 is 2.67 bits per heavy atom. The Bertz CT molecular complexity index is 749. The molecule has 0 aliphatic heterocycles. The number of halogens is 1. The molecule has 2 aromatic rings. The average Bonchev–Trinajstić information content (AvgIpc) is 2.94. The van der Waals surface area contributed by atoms with Crippen molar-refractivity contribution in [1.29, 1.82) is 0 Å². The van der Waals surface area contributed by atoms with E-state index in [0.29, 0.717) is 22.9 Å². The molecule has 1 N–H and O–H groups in total. The van der Waals surface area contributed by atoms with Gasteiger partial charge in [0.25, 0.3) is 0 Å². The van der Waals surface area contributed by atoms with E-state index >= 15 is 0 Å². The van der Waals surface area contributed by atoms with Gasteiger partial charge in [-0.05, 0) is 49.4 Å². The van der Waals surface area contributed by atoms with Crippen LogP contribution in [0.4, 0.5) is 4.39 Å². The minimum Gasteiger partial charge on any atom is -0.480 e. The zero-order valence-corrected chi connectivity index (χ0v) is 14.0. The molecule has 0 radical (unpaired) electrons. The SMILES string of the molecule is Cc1cc(-c2nc(C3CCC(C)CC3)n(CC(=O)O)n2)ccc1F. The van der Waals surface area contributed by atoms with E-state index in [0.717, 1.165) is 31.5 Å². The molecule has 3 rings (SSSR count). The van der Waals surface area contributed by atoms with Gasteiger partial charge in [0.2, 0.25) is 0 Å². The standard InChI is InChI=1S/C18H22FN3O2/c1-11-3-5-13(6-4-11)18-20-17(21-22(18)10-16(23)24)14-7-8-15(19)12(2)9-14/h7-9,11,13H,3-6,10H2,1-2H3,(H,23,24). The summed E-state index contributed by atoms with van der Waals surface area (Å²) in [5.74, 6) is 0.936. The summed E-state index contributed by atoms with van der Waals surface area (Å²) in [5, 5.41) is 13.5. The molecule has 0 amide bonds. The smallest absolute Gasteiger partial charge is 0.325 e. The van der Waals surface area contributed by atoms with E-state index in [9.17, 15) is 9.18 Å². The molecule has 128 valence electrons. The van der Waals surface area contributed by atoms with Crippen molar-refractivity contribution in [2.45, 2.75) is 52.0 Å². The van der Waals surface area contributed by atoms with Crippen LogP contribution in [0.1, 0.15) is 49.9 Å². The predicted octanol–water partition coefficient (Wildman–Crippen LogP) is 3.77. The minimum absolute atomic E-state index is 0.200. The first-order valence-electron chi connectivity index (χ1n) is 8.37. The molecule has 5 nitrogen and oxygen atoms in total. The van der Waals surface area contributed by atoms with Crippen molar-refractivity contribution in [1.82, 2.24) is 14.8 Å². The van der Waals surface area contributed by atoms with Gasteiger partial charge in [0.15, 0.2) is 5.82 Å². The van der Waals surface area contributed by atoms with Crippen molar-refractivity contribution in [3.05, 3.63) is 35.4 Å². The lowest BCUT2D eigenvalue weighted by Crippen LogP contribution is -2.19. The Morgan fingerprint density at radius 2 is 2.04 bits per heavy atom. The van der Waals surface area contributed by atoms with Gasteiger partial charge in [-0.2, -0.15) is 5.10 Å². The number of aliphatic carboxylic acids is 1. The molecule has 1 heterocycles. The number of rotatable bonds is 4. The molecule has 0 spiro atoms. The molecular formula is C18H22FN3O2. The van der Waals surface area contributed by atoms with Crippen LogP contribution in [0.2, 0.25) is 0 Å². The second-order valence-corrected chi connectivity index (χ2v) is 6.77. The number of carboxylic acids is 1. The lowest BCUT2D eigenvalue weighted by Gasteiger charge is -2.25. The molecule has 0 unspecified atom stereocenters. The first kappa shape index (κ1) is 16.6. The molecule has 1 fully saturated rings. The van der Waals surface area contributed by atoms with E-state index in [1.54, 1.807) is 19.1 Å². The number of aryl methyl sites for hydroxylation is 1. The van der Waals surface area contributed by atoms with E-state index in [2.05, 4.69) is 17.0 Å². The van der Waals surface area contributed by atoms with Gasteiger partial charge < -0.3 is 5.11 Å². The summed E-state index contributed by atoms with van der Waals surface area (Å²) in [4.78, 5) is 15.8. The van der Waals surface area contributed by atoms with E-state index in [4.69, 9.17) is 5.11 Å². The fraction of sp³-hybridized carbons (Fsp3) is 0.500. The highest BCUT2D eigenvalue weighted by atomic mass is 19.1. The Morgan fingerprint density at radius 1 is 1.33 bits per heavy atom. The van der Waals surface area contributed by atoms with E-state index in [1.807, 2.05) is 0 Å². The maximum Gasteiger partial charge on any atom is 0.325 e. The minimum atomic E-state index is -0.938. The van der Waals surface area contributed by atoms with Crippen LogP contribution in [0, 0.1) is 18.7 Å². The first-order valence-corrected chi connectivity index (χ1v) is 8.37. The average molecular weight is 331 g/mol. The third kappa shape index (κ3) is 3.47. The van der Waals surface area contributed by atoms with Gasteiger partial charge >= 0.3 is 5.97 Å². The number of carbonyl (C=O) groups is 1. The lowest BCUT2D eigenvalue weighted by molar-refractivity contribution is -0.137. The van der Waals surface area contributed by atoms with E-state index in [-0.39, 0.29) is 18.3 Å². The van der Waals surface area contributed by atoms with Gasteiger partial charge in [0.1, 0.15) is 18.2 Å². The fourth-order valence-electron chi connectivity index (χ4n) is 3.33. The number of benzene rings is 1. The highest BCUT2D eigenvalue weighted by molar-refractivity contribution is 5.66. The molecule has 1 aromatic heterocycles. The second kappa shape index (κ2) is 6.71. The van der Waals surface area contributed by atoms with Crippen molar-refractivity contribution >= 4 is 5.97 Å². The van der Waals surface area contributed by atoms with Crippen LogP contribution in [-0.2, 0) is 11.3 Å². The zero-order valence-electron chi connectivity index (χ0n) is 14.0. The molecule has 1 aliphatic rings. The van der Waals surface area contributed by atoms with Crippen LogP contribution in [0.3, 0.4) is 0 Å². The molecule has 0 bridgehead atoms. The monoisotopic (exact) mass is 331 g/mol. The van der Waals surface area contributed by atoms with Gasteiger partial charge in [-0.15, -0.1) is 0 Å². The Hall–Kier alpha value is -2.24. The van der Waals surface area contributed by atoms with Crippen LogP contribution >= 0.6 is 0 Å². The molecule has 1 aliphatic carbocycles. The summed E-state index contributed by atoms with van der Waals surface area (Å²) >= 11 is 0. The number of hydrogen-bond donors (Lipinski definition) is 1. The highest BCUT2D eigenvalue weighted by Crippen LogP contribution is 2.35. The number of carboxylic acid groups (broad SMARTS) is 1. The van der Waals surface area contributed by atoms with Gasteiger partial charge in [-0.1, -0.05) is 19.8 Å². The number of aromatic nitrogens is 3. The van der Waals surface area contributed by atoms with Crippen LogP contribution in [0.5, 0.6) is 0 Å². The second-order valence-electron chi connectivity index (χ2n) is 6.77. The molecule has 24 heavy (non-hydrogen) atoms. The van der Waals surface area contributed by atoms with Gasteiger partial charge in [-0.3, -0.25) is 4.79 Å². The Balaban J connectivity index is 1.96. The van der Waals surface area contributed by atoms with Crippen molar-refractivity contribution < 1.29 is 14.3 Å². The highest BCUT2D eigenvalue weighted by Gasteiger charge is 2.26. The molecule has 0 atom stereocenters. The quantitative estimate of drug-likeness (QED) is 0.926. The maximum atomic E-state index is 13.5. The predicted molar refractivity (Wildman–Crippen MR) is 88.2 cm³/mol. The molecule has 0 saturated heterocycles. The number of hydrogen-bond acceptors (Lipinski definition) is 3. The summed E-state index contributed by atoms with van der Waals surface area (Å²) < 4.78 is 15.0. The van der Waals surface area contributed by atoms with Crippen LogP contribution in [0.25, 0.3) is 11.4 Å². The van der Waals surface area contributed by atoms with Crippen molar-refractivity contribution in [2.24, 2.45) is 5.92 Å². The third-order valence-corrected chi connectivity index (χ3v) is 4.78. The molecule has 1 saturated carbocycles. The summed E-state index contributed by atoms with van der Waals surface area (Å²) in [6.07, 6.45) is 4.24. The summed E-state index contributed by atoms with van der Waals surface area (Å²) in [6, 6.07) is 4.72. The van der Waals surface area contributed by atoms with Gasteiger partial charge in [0, 0.05) is 11.5 Å². The third-order valence-electron chi connectivity index (χ3n) is 4.78. The van der Waals surface area contributed by atoms with Crippen molar-refractivity contribution in [3.8, 4) is 11.4 Å². The molecular weight excluding hydrogens is 309 g/mol. The summed E-state index contributed by atoms with van der Waals surface area (Å²) in [7, 11) is 0. The maximum absolute atomic E-state index is 13.5. The molecule has 1 aromatic carbocycles. The van der Waals surface area contributed by atoms with Gasteiger partial charge in [0.05, 0.1) is 0 Å². The Labute approximate surface area is 140 Å². The van der Waals surface area contributed by atoms with Crippen LogP contribution < -0.4 is 0 Å². The van der Waals surface area contributed by atoms with E-state index in [1.165, 1.54) is 10.7 Å². The molecule has 6 heteroatoms. The lowest BCUT2D eigenvalue weighted by atomic mass is 9.82. The van der Waals surface area contributed by atoms with Crippen LogP contribution in [0.15, 0.2) is 18.2 Å². The summed E-state index contributed by atoms with van der Waals surface area (Å²) in [5.41, 5.74) is 1.23. The van der Waals surface area contributed by atoms with Crippen molar-refractivity contribution in [2.75, 3.05) is 0 Å². The Kier molecular flexibility index (Phi) is 4.64. The topological polar surface area (TPSA) is 68.0 Å². The number of nitrogens with zero attached hydrogens (tertiary/aromatic N) is 3. The van der Waals surface area contributed by atoms with Crippen LogP contribution in [-0.4, -0.2) is 25.8 Å². The normalized spacial score (nSPS) is 21.0. The zero-order chi connectivity index (χ0) is 17.3. The summed E-state index contributed by atoms with van der Waals surface area (Å²) in [6.45, 7) is 3.73.